The Hall–Kier alpha value is -3.17. The van der Waals surface area contributed by atoms with E-state index in [0.717, 1.165) is 5.75 Å². The summed E-state index contributed by atoms with van der Waals surface area (Å²) in [5.74, 6) is -0.0748. The van der Waals surface area contributed by atoms with E-state index in [0.29, 0.717) is 22.8 Å². The van der Waals surface area contributed by atoms with Gasteiger partial charge in [-0.1, -0.05) is 11.8 Å². The largest absolute Gasteiger partial charge is 0.379 e. The Morgan fingerprint density at radius 1 is 1.44 bits per heavy atom. The van der Waals surface area contributed by atoms with Crippen LogP contribution >= 0.6 is 11.8 Å². The molecule has 0 spiro atoms. The SMILES string of the molecule is C[C@@]1(c2cc(NC(=O)c3cnc(N=[N+]=N)cn3)ccc2F)CCSC(N)=N1. The molecule has 0 saturated heterocycles. The number of amidine groups is 1. The van der Waals surface area contributed by atoms with Crippen LogP contribution in [0.3, 0.4) is 0 Å². The van der Waals surface area contributed by atoms with E-state index < -0.39 is 17.3 Å². The van der Waals surface area contributed by atoms with Crippen molar-refractivity contribution in [2.24, 2.45) is 15.8 Å². The Bertz CT molecular complexity index is 957. The standard InChI is InChI=1S/C16H15FN8OS/c1-16(4-5-27-15(18)23-16)10-6-9(2-3-11(10)17)22-14(26)12-7-21-13(8-20-12)24-25-19/h2-3,6-8,19H,4-5H2,1H3,(H2-,18,22,23,26)/p+1/t16-/m0/s1. The first-order valence-corrected chi connectivity index (χ1v) is 8.89. The number of carbonyl (C=O) groups is 1. The van der Waals surface area contributed by atoms with Crippen molar-refractivity contribution in [3.05, 3.63) is 47.7 Å². The van der Waals surface area contributed by atoms with Crippen molar-refractivity contribution in [2.45, 2.75) is 18.9 Å². The highest BCUT2D eigenvalue weighted by Crippen LogP contribution is 2.37. The van der Waals surface area contributed by atoms with E-state index in [9.17, 15) is 9.18 Å². The first-order valence-electron chi connectivity index (χ1n) is 7.90. The van der Waals surface area contributed by atoms with Crippen molar-refractivity contribution in [1.82, 2.24) is 14.9 Å². The minimum Gasteiger partial charge on any atom is -0.379 e. The van der Waals surface area contributed by atoms with Gasteiger partial charge in [0.1, 0.15) is 17.0 Å². The number of nitrogens with zero attached hydrogens (tertiary/aromatic N) is 5. The Kier molecular flexibility index (Phi) is 5.24. The summed E-state index contributed by atoms with van der Waals surface area (Å²) in [7, 11) is 0. The molecule has 9 nitrogen and oxygen atoms in total. The number of benzene rings is 1. The molecule has 1 atom stereocenters. The van der Waals surface area contributed by atoms with Crippen molar-refractivity contribution in [1.29, 1.82) is 5.53 Å². The van der Waals surface area contributed by atoms with E-state index in [1.807, 2.05) is 6.92 Å². The maximum Gasteiger partial charge on any atom is 0.275 e. The van der Waals surface area contributed by atoms with E-state index in [1.54, 1.807) is 6.07 Å². The molecule has 27 heavy (non-hydrogen) atoms. The Labute approximate surface area is 157 Å². The Balaban J connectivity index is 1.84. The fourth-order valence-corrected chi connectivity index (χ4v) is 3.61. The summed E-state index contributed by atoms with van der Waals surface area (Å²) in [5.41, 5.74) is 12.5. The molecule has 2 heterocycles. The number of hydrogen-bond donors (Lipinski definition) is 3. The van der Waals surface area contributed by atoms with Gasteiger partial charge in [-0.15, -0.1) is 0 Å². The van der Waals surface area contributed by atoms with Gasteiger partial charge in [-0.3, -0.25) is 9.79 Å². The molecule has 0 unspecified atom stereocenters. The first kappa shape index (κ1) is 18.6. The van der Waals surface area contributed by atoms with Gasteiger partial charge in [-0.2, -0.15) is 0 Å². The van der Waals surface area contributed by atoms with Crippen molar-refractivity contribution < 1.29 is 9.18 Å². The van der Waals surface area contributed by atoms with Gasteiger partial charge in [0.2, 0.25) is 4.91 Å². The molecule has 1 aliphatic heterocycles. The van der Waals surface area contributed by atoms with Crippen LogP contribution in [-0.2, 0) is 5.54 Å². The molecular weight excluding hydrogens is 371 g/mol. The number of hydrogen-bond acceptors (Lipinski definition) is 8. The third kappa shape index (κ3) is 4.15. The van der Waals surface area contributed by atoms with Crippen molar-refractivity contribution in [2.75, 3.05) is 11.1 Å². The number of nitrogens with two attached hydrogens (primary N) is 1. The van der Waals surface area contributed by atoms with Crippen molar-refractivity contribution in [3.8, 4) is 0 Å². The lowest BCUT2D eigenvalue weighted by Gasteiger charge is -2.30. The number of nitrogens with one attached hydrogen (secondary N) is 2. The van der Waals surface area contributed by atoms with Crippen LogP contribution in [-0.4, -0.2) is 26.8 Å². The average molecular weight is 387 g/mol. The number of rotatable bonds is 4. The number of aliphatic imine (C=N–C) groups is 1. The molecule has 1 aliphatic rings. The lowest BCUT2D eigenvalue weighted by atomic mass is 9.89. The summed E-state index contributed by atoms with van der Waals surface area (Å²) >= 11 is 1.43. The molecule has 11 heteroatoms. The van der Waals surface area contributed by atoms with Crippen LogP contribution in [0.4, 0.5) is 15.9 Å². The van der Waals surface area contributed by atoms with Gasteiger partial charge in [0, 0.05) is 17.0 Å². The normalized spacial score (nSPS) is 19.0. The zero-order chi connectivity index (χ0) is 19.4. The van der Waals surface area contributed by atoms with Crippen LogP contribution in [0, 0.1) is 11.3 Å². The van der Waals surface area contributed by atoms with Crippen LogP contribution < -0.4 is 16.0 Å². The van der Waals surface area contributed by atoms with Gasteiger partial charge in [0.25, 0.3) is 11.7 Å². The predicted molar refractivity (Wildman–Crippen MR) is 99.4 cm³/mol. The molecule has 3 rings (SSSR count). The number of anilines is 1. The number of thioether (sulfide) groups is 1. The second-order valence-corrected chi connectivity index (χ2v) is 7.05. The maximum atomic E-state index is 14.4. The van der Waals surface area contributed by atoms with E-state index in [4.69, 9.17) is 11.3 Å². The molecule has 0 radical (unpaired) electrons. The summed E-state index contributed by atoms with van der Waals surface area (Å²) in [6.07, 6.45) is 3.07. The number of amides is 1. The smallest absolute Gasteiger partial charge is 0.275 e. The fraction of sp³-hybridized carbons (Fsp3) is 0.250. The molecule has 0 fully saturated rings. The molecule has 1 amide bonds. The highest BCUT2D eigenvalue weighted by atomic mass is 32.2. The molecule has 1 aromatic carbocycles. The number of halogens is 1. The Morgan fingerprint density at radius 3 is 2.93 bits per heavy atom. The zero-order valence-corrected chi connectivity index (χ0v) is 15.1. The number of carbonyl (C=O) groups excluding carboxylic acids is 1. The number of aromatic nitrogens is 2. The van der Waals surface area contributed by atoms with E-state index in [1.165, 1.54) is 36.3 Å². The summed E-state index contributed by atoms with van der Waals surface area (Å²) in [6, 6.07) is 4.30. The molecule has 4 N–H and O–H groups in total. The van der Waals surface area contributed by atoms with Gasteiger partial charge in [0.15, 0.2) is 10.3 Å². The first-order chi connectivity index (χ1) is 12.9. The molecule has 0 bridgehead atoms. The quantitative estimate of drug-likeness (QED) is 0.546. The minimum atomic E-state index is -0.789. The van der Waals surface area contributed by atoms with Gasteiger partial charge in [-0.25, -0.2) is 14.4 Å². The molecule has 2 aromatic rings. The minimum absolute atomic E-state index is 0.0485. The van der Waals surface area contributed by atoms with Gasteiger partial charge in [0.05, 0.1) is 17.9 Å². The molecule has 0 saturated carbocycles. The highest BCUT2D eigenvalue weighted by molar-refractivity contribution is 8.13. The van der Waals surface area contributed by atoms with Gasteiger partial charge in [-0.05, 0) is 31.5 Å². The molecular formula is C16H16FN8OS+. The summed E-state index contributed by atoms with van der Waals surface area (Å²) in [4.78, 5) is 27.4. The molecule has 1 aromatic heterocycles. The second kappa shape index (κ2) is 7.60. The van der Waals surface area contributed by atoms with Crippen molar-refractivity contribution in [3.63, 3.8) is 0 Å². The maximum absolute atomic E-state index is 14.4. The Morgan fingerprint density at radius 2 is 2.26 bits per heavy atom. The predicted octanol–water partition coefficient (Wildman–Crippen LogP) is 2.72. The topological polar surface area (TPSA) is 144 Å². The highest BCUT2D eigenvalue weighted by Gasteiger charge is 2.32. The van der Waals surface area contributed by atoms with Crippen LogP contribution in [0.5, 0.6) is 0 Å². The molecule has 138 valence electrons. The monoisotopic (exact) mass is 387 g/mol. The van der Waals surface area contributed by atoms with Crippen molar-refractivity contribution >= 4 is 34.3 Å². The molecule has 0 aliphatic carbocycles. The van der Waals surface area contributed by atoms with E-state index >= 15 is 0 Å². The van der Waals surface area contributed by atoms with Gasteiger partial charge < -0.3 is 11.1 Å². The van der Waals surface area contributed by atoms with E-state index in [2.05, 4.69) is 30.3 Å². The second-order valence-electron chi connectivity index (χ2n) is 5.93. The third-order valence-corrected chi connectivity index (χ3v) is 4.82. The van der Waals surface area contributed by atoms with Crippen LogP contribution in [0.15, 0.2) is 40.7 Å². The van der Waals surface area contributed by atoms with Crippen LogP contribution in [0.2, 0.25) is 0 Å². The van der Waals surface area contributed by atoms with Gasteiger partial charge >= 0.3 is 0 Å². The van der Waals surface area contributed by atoms with Crippen LogP contribution in [0.1, 0.15) is 29.4 Å². The summed E-state index contributed by atoms with van der Waals surface area (Å²) in [5, 5.41) is 6.47. The lowest BCUT2D eigenvalue weighted by Crippen LogP contribution is -2.29. The fourth-order valence-electron chi connectivity index (χ4n) is 2.63. The zero-order valence-electron chi connectivity index (χ0n) is 14.3. The van der Waals surface area contributed by atoms with E-state index in [-0.39, 0.29) is 11.5 Å². The third-order valence-electron chi connectivity index (χ3n) is 4.02. The summed E-state index contributed by atoms with van der Waals surface area (Å²) in [6.45, 7) is 1.81. The lowest BCUT2D eigenvalue weighted by molar-refractivity contribution is 0.102. The van der Waals surface area contributed by atoms with Crippen LogP contribution in [0.25, 0.3) is 0 Å². The summed E-state index contributed by atoms with van der Waals surface area (Å²) < 4.78 is 14.4. The average Bonchev–Trinajstić information content (AvgIpc) is 2.64.